The summed E-state index contributed by atoms with van der Waals surface area (Å²) in [6, 6.07) is 0. The van der Waals surface area contributed by atoms with E-state index in [0.717, 1.165) is 0 Å². The number of Topliss-reactive ketones (excluding diaryl/α,β-unsaturated/α-hetero) is 2. The third-order valence-electron chi connectivity index (χ3n) is 3.14. The molecule has 0 heterocycles. The highest BCUT2D eigenvalue weighted by atomic mass is 19.4. The van der Waals surface area contributed by atoms with Crippen LogP contribution in [0.25, 0.3) is 0 Å². The first-order chi connectivity index (χ1) is 12.9. The maximum atomic E-state index is 13.3. The Labute approximate surface area is 156 Å². The fraction of sp³-hybridized carbons (Fsp3) is 0.833. The molecule has 0 fully saturated rings. The van der Waals surface area contributed by atoms with E-state index < -0.39 is 60.2 Å². The molecular formula is C12H8F14O4. The predicted molar refractivity (Wildman–Crippen MR) is 63.0 cm³/mol. The molecule has 178 valence electrons. The van der Waals surface area contributed by atoms with E-state index >= 15 is 0 Å². The van der Waals surface area contributed by atoms with Gasteiger partial charge in [0.2, 0.25) is 11.6 Å². The normalized spacial score (nSPS) is 16.9. The van der Waals surface area contributed by atoms with Gasteiger partial charge in [-0.1, -0.05) is 0 Å². The highest BCUT2D eigenvalue weighted by Crippen LogP contribution is 2.54. The number of halogens is 14. The Morgan fingerprint density at radius 2 is 0.767 bits per heavy atom. The van der Waals surface area contributed by atoms with E-state index in [9.17, 15) is 71.1 Å². The van der Waals surface area contributed by atoms with Crippen molar-refractivity contribution < 1.29 is 80.5 Å². The second-order valence-corrected chi connectivity index (χ2v) is 5.41. The molecule has 0 radical (unpaired) electrons. The zero-order valence-electron chi connectivity index (χ0n) is 14.1. The Morgan fingerprint density at radius 1 is 0.567 bits per heavy atom. The van der Waals surface area contributed by atoms with E-state index in [-0.39, 0.29) is 13.8 Å². The molecule has 0 aliphatic rings. The van der Waals surface area contributed by atoms with Gasteiger partial charge in [0.25, 0.3) is 12.7 Å². The number of hydrogen-bond acceptors (Lipinski definition) is 4. The lowest BCUT2D eigenvalue weighted by atomic mass is 10.1. The molecule has 4 nitrogen and oxygen atoms in total. The molecule has 0 saturated carbocycles. The Hall–Kier alpha value is -1.72. The van der Waals surface area contributed by atoms with Crippen LogP contribution in [-0.2, 0) is 19.1 Å². The minimum atomic E-state index is -7.73. The van der Waals surface area contributed by atoms with E-state index in [1.54, 1.807) is 0 Å². The smallest absolute Gasteiger partial charge is 0.293 e. The van der Waals surface area contributed by atoms with E-state index in [0.29, 0.717) is 0 Å². The quantitative estimate of drug-likeness (QED) is 0.407. The topological polar surface area (TPSA) is 52.6 Å². The van der Waals surface area contributed by atoms with Gasteiger partial charge in [-0.05, 0) is 0 Å². The van der Waals surface area contributed by atoms with Crippen LogP contribution in [0.3, 0.4) is 0 Å². The molecule has 0 aromatic carbocycles. The lowest BCUT2D eigenvalue weighted by molar-refractivity contribution is -0.486. The fourth-order valence-electron chi connectivity index (χ4n) is 1.24. The summed E-state index contributed by atoms with van der Waals surface area (Å²) in [4.78, 5) is 20.7. The van der Waals surface area contributed by atoms with Gasteiger partial charge in [0, 0.05) is 13.8 Å². The maximum Gasteiger partial charge on any atom is 0.428 e. The Balaban J connectivity index is 5.97. The highest BCUT2D eigenvalue weighted by Gasteiger charge is 2.84. The monoisotopic (exact) mass is 482 g/mol. The van der Waals surface area contributed by atoms with E-state index in [4.69, 9.17) is 0 Å². The minimum absolute atomic E-state index is 0.181. The van der Waals surface area contributed by atoms with Crippen LogP contribution in [-0.4, -0.2) is 60.2 Å². The largest absolute Gasteiger partial charge is 0.428 e. The summed E-state index contributed by atoms with van der Waals surface area (Å²) in [5.41, 5.74) is 0. The molecule has 0 amide bonds. The number of carbonyl (C=O) groups excluding carboxylic acids is 2. The molecule has 0 aliphatic heterocycles. The van der Waals surface area contributed by atoms with Crippen LogP contribution in [0.5, 0.6) is 0 Å². The van der Waals surface area contributed by atoms with Crippen molar-refractivity contribution in [2.24, 2.45) is 0 Å². The number of ether oxygens (including phenoxy) is 2. The van der Waals surface area contributed by atoms with Gasteiger partial charge in [-0.25, -0.2) is 8.78 Å². The van der Waals surface area contributed by atoms with Gasteiger partial charge < -0.3 is 0 Å². The maximum absolute atomic E-state index is 13.3. The van der Waals surface area contributed by atoms with Crippen molar-refractivity contribution in [3.8, 4) is 0 Å². The van der Waals surface area contributed by atoms with Gasteiger partial charge in [0.05, 0.1) is 0 Å². The van der Waals surface area contributed by atoms with Crippen molar-refractivity contribution >= 4 is 11.6 Å². The molecule has 2 unspecified atom stereocenters. The van der Waals surface area contributed by atoms with Crippen molar-refractivity contribution in [1.29, 1.82) is 0 Å². The van der Waals surface area contributed by atoms with Crippen LogP contribution in [0.15, 0.2) is 0 Å². The third kappa shape index (κ3) is 4.78. The van der Waals surface area contributed by atoms with Gasteiger partial charge in [-0.3, -0.25) is 19.1 Å². The first kappa shape index (κ1) is 28.3. The molecular weight excluding hydrogens is 474 g/mol. The zero-order valence-corrected chi connectivity index (χ0v) is 14.1. The Kier molecular flexibility index (Phi) is 7.62. The summed E-state index contributed by atoms with van der Waals surface area (Å²) >= 11 is 0. The molecule has 2 atom stereocenters. The minimum Gasteiger partial charge on any atom is -0.293 e. The molecule has 0 bridgehead atoms. The van der Waals surface area contributed by atoms with Crippen LogP contribution in [0.1, 0.15) is 13.8 Å². The molecule has 0 aromatic heterocycles. The Bertz CT molecular complexity index is 605. The van der Waals surface area contributed by atoms with Crippen LogP contribution in [0.2, 0.25) is 0 Å². The summed E-state index contributed by atoms with van der Waals surface area (Å²) in [5, 5.41) is 0. The molecule has 0 aliphatic carbocycles. The van der Waals surface area contributed by atoms with Crippen molar-refractivity contribution in [3.63, 3.8) is 0 Å². The number of hydrogen-bond donors (Lipinski definition) is 0. The second-order valence-electron chi connectivity index (χ2n) is 5.41. The predicted octanol–water partition coefficient (Wildman–Crippen LogP) is 4.52. The van der Waals surface area contributed by atoms with E-state index in [2.05, 4.69) is 0 Å². The molecule has 0 N–H and O–H groups in total. The summed E-state index contributed by atoms with van der Waals surface area (Å²) in [5.74, 6) is -32.0. The van der Waals surface area contributed by atoms with Gasteiger partial charge in [0.1, 0.15) is 0 Å². The number of alkyl halides is 14. The van der Waals surface area contributed by atoms with Gasteiger partial charge in [0.15, 0.2) is 0 Å². The van der Waals surface area contributed by atoms with Crippen molar-refractivity contribution in [1.82, 2.24) is 0 Å². The molecule has 0 aromatic rings. The van der Waals surface area contributed by atoms with Crippen molar-refractivity contribution in [3.05, 3.63) is 0 Å². The average molecular weight is 482 g/mol. The van der Waals surface area contributed by atoms with Crippen LogP contribution < -0.4 is 0 Å². The summed E-state index contributed by atoms with van der Waals surface area (Å²) in [7, 11) is 0. The summed E-state index contributed by atoms with van der Waals surface area (Å²) in [6.45, 7) is -0.362. The molecule has 30 heavy (non-hydrogen) atoms. The van der Waals surface area contributed by atoms with Gasteiger partial charge in [-0.2, -0.15) is 52.7 Å². The Morgan fingerprint density at radius 3 is 0.933 bits per heavy atom. The lowest BCUT2D eigenvalue weighted by Crippen LogP contribution is -2.65. The highest BCUT2D eigenvalue weighted by molar-refractivity contribution is 5.83. The van der Waals surface area contributed by atoms with Crippen molar-refractivity contribution in [2.45, 2.75) is 62.5 Å². The molecule has 18 heteroatoms. The van der Waals surface area contributed by atoms with Crippen molar-refractivity contribution in [2.75, 3.05) is 0 Å². The molecule has 0 saturated heterocycles. The number of rotatable bonds is 11. The lowest BCUT2D eigenvalue weighted by Gasteiger charge is -2.37. The second kappa shape index (κ2) is 8.08. The summed E-state index contributed by atoms with van der Waals surface area (Å²) in [6.07, 6.45) is -24.7. The van der Waals surface area contributed by atoms with Crippen LogP contribution in [0, 0.1) is 0 Å². The van der Waals surface area contributed by atoms with Crippen LogP contribution >= 0.6 is 0 Å². The number of ketones is 2. The first-order valence-electron chi connectivity index (χ1n) is 6.82. The fourth-order valence-corrected chi connectivity index (χ4v) is 1.24. The number of carbonyl (C=O) groups is 2. The SMILES string of the molecule is CC(=O)C(F)(F)C(F)OC(F)(F)C(F)(F)C(F)(F)C(F)(F)OC(F)C(F)(F)C(C)=O. The zero-order chi connectivity index (χ0) is 24.7. The van der Waals surface area contributed by atoms with E-state index in [1.807, 2.05) is 9.47 Å². The standard InChI is InChI=1S/C12H8F14O4/c1-3(27)7(15,16)5(13)29-11(23,24)9(19,20)10(21,22)12(25,26)30-6(14)8(17,18)4(2)28/h5-6H,1-2H3. The van der Waals surface area contributed by atoms with Gasteiger partial charge >= 0.3 is 35.9 Å². The van der Waals surface area contributed by atoms with Crippen LogP contribution in [0.4, 0.5) is 61.5 Å². The average Bonchev–Trinajstić information content (AvgIpc) is 2.52. The molecule has 0 spiro atoms. The first-order valence-corrected chi connectivity index (χ1v) is 6.82. The third-order valence-corrected chi connectivity index (χ3v) is 3.14. The van der Waals surface area contributed by atoms with Gasteiger partial charge in [-0.15, -0.1) is 0 Å². The molecule has 0 rings (SSSR count). The summed E-state index contributed by atoms with van der Waals surface area (Å²) < 4.78 is 187. The van der Waals surface area contributed by atoms with E-state index in [1.165, 1.54) is 0 Å².